The summed E-state index contributed by atoms with van der Waals surface area (Å²) in [5.74, 6) is -0.938. The number of aliphatic hydroxyl groups is 1. The number of hydrogen-bond acceptors (Lipinski definition) is 5. The number of carbonyl (C=O) groups excluding carboxylic acids is 3. The second kappa shape index (κ2) is 16.0. The first-order valence-corrected chi connectivity index (χ1v) is 15.0. The van der Waals surface area contributed by atoms with E-state index in [4.69, 9.17) is 5.73 Å². The number of amides is 3. The molecule has 0 aliphatic rings. The van der Waals surface area contributed by atoms with Crippen LogP contribution in [0.1, 0.15) is 83.6 Å². The van der Waals surface area contributed by atoms with Crippen LogP contribution in [-0.4, -0.2) is 66.1 Å². The molecule has 226 valence electrons. The fourth-order valence-corrected chi connectivity index (χ4v) is 5.09. The van der Waals surface area contributed by atoms with Gasteiger partial charge in [0.15, 0.2) is 0 Å². The number of aliphatic hydroxyl groups excluding tert-OH is 1. The summed E-state index contributed by atoms with van der Waals surface area (Å²) in [7, 11) is 0. The number of fused-ring (bicyclic) bond motifs is 1. The SMILES string of the molecule is CCCN(CCC)C(=O)c1cc(C(N)=O)cc(C(=O)N[C@@H](Cc2cccc3ccccc23)[C@H](O)CNCCC(C)C)c1. The molecule has 2 atom stereocenters. The van der Waals surface area contributed by atoms with Gasteiger partial charge >= 0.3 is 0 Å². The standard InChI is InChI=1S/C34H46N4O4/c1-5-16-38(17-6-2)34(42)28-19-26(32(35)40)18-27(20-28)33(41)37-30(31(39)22-36-15-14-23(3)4)21-25-12-9-11-24-10-7-8-13-29(24)25/h7-13,18-20,23,30-31,36,39H,5-6,14-17,21-22H2,1-4H3,(H2,35,40)(H,37,41)/t30-,31+/m0/s1. The van der Waals surface area contributed by atoms with Gasteiger partial charge in [0.1, 0.15) is 0 Å². The van der Waals surface area contributed by atoms with Crippen LogP contribution < -0.4 is 16.4 Å². The van der Waals surface area contributed by atoms with Crippen LogP contribution in [0.4, 0.5) is 0 Å². The molecule has 0 bridgehead atoms. The zero-order valence-corrected chi connectivity index (χ0v) is 25.4. The Hall–Kier alpha value is -3.75. The molecule has 3 amide bonds. The summed E-state index contributed by atoms with van der Waals surface area (Å²) >= 11 is 0. The Morgan fingerprint density at radius 1 is 0.905 bits per heavy atom. The zero-order chi connectivity index (χ0) is 30.6. The van der Waals surface area contributed by atoms with Crippen molar-refractivity contribution in [1.29, 1.82) is 0 Å². The minimum atomic E-state index is -0.884. The Bertz CT molecular complexity index is 1350. The number of rotatable bonds is 16. The van der Waals surface area contributed by atoms with Crippen LogP contribution in [-0.2, 0) is 6.42 Å². The van der Waals surface area contributed by atoms with Crippen LogP contribution in [0.25, 0.3) is 10.8 Å². The van der Waals surface area contributed by atoms with Crippen LogP contribution in [0.3, 0.4) is 0 Å². The summed E-state index contributed by atoms with van der Waals surface area (Å²) in [6.07, 6.45) is 2.05. The molecule has 0 aliphatic carbocycles. The molecule has 8 heteroatoms. The third-order valence-corrected chi connectivity index (χ3v) is 7.35. The third kappa shape index (κ3) is 9.13. The van der Waals surface area contributed by atoms with E-state index in [0.29, 0.717) is 32.0 Å². The van der Waals surface area contributed by atoms with E-state index in [-0.39, 0.29) is 22.6 Å². The van der Waals surface area contributed by atoms with Crippen molar-refractivity contribution in [1.82, 2.24) is 15.5 Å². The van der Waals surface area contributed by atoms with Gasteiger partial charge in [0.25, 0.3) is 11.8 Å². The minimum absolute atomic E-state index is 0.0838. The molecule has 3 aromatic carbocycles. The lowest BCUT2D eigenvalue weighted by Gasteiger charge is -2.26. The van der Waals surface area contributed by atoms with E-state index >= 15 is 0 Å². The highest BCUT2D eigenvalue weighted by Gasteiger charge is 2.25. The number of benzene rings is 3. The highest BCUT2D eigenvalue weighted by atomic mass is 16.3. The summed E-state index contributed by atoms with van der Waals surface area (Å²) in [4.78, 5) is 40.9. The average Bonchev–Trinajstić information content (AvgIpc) is 2.98. The maximum Gasteiger partial charge on any atom is 0.253 e. The summed E-state index contributed by atoms with van der Waals surface area (Å²) < 4.78 is 0. The molecule has 0 saturated heterocycles. The molecule has 0 aromatic heterocycles. The number of nitrogens with zero attached hydrogens (tertiary/aromatic N) is 1. The van der Waals surface area contributed by atoms with Gasteiger partial charge in [-0.25, -0.2) is 0 Å². The fourth-order valence-electron chi connectivity index (χ4n) is 5.09. The van der Waals surface area contributed by atoms with E-state index in [0.717, 1.165) is 42.1 Å². The Morgan fingerprint density at radius 2 is 1.55 bits per heavy atom. The lowest BCUT2D eigenvalue weighted by atomic mass is 9.95. The third-order valence-electron chi connectivity index (χ3n) is 7.35. The van der Waals surface area contributed by atoms with Gasteiger partial charge < -0.3 is 26.4 Å². The van der Waals surface area contributed by atoms with Crippen molar-refractivity contribution >= 4 is 28.5 Å². The first-order chi connectivity index (χ1) is 20.1. The topological polar surface area (TPSA) is 125 Å². The molecule has 8 nitrogen and oxygen atoms in total. The monoisotopic (exact) mass is 574 g/mol. The molecule has 0 radical (unpaired) electrons. The van der Waals surface area contributed by atoms with Crippen LogP contribution in [0.5, 0.6) is 0 Å². The lowest BCUT2D eigenvalue weighted by Crippen LogP contribution is -2.49. The van der Waals surface area contributed by atoms with E-state index < -0.39 is 24.0 Å². The Labute approximate surface area is 249 Å². The van der Waals surface area contributed by atoms with Crippen molar-refractivity contribution in [2.24, 2.45) is 11.7 Å². The quantitative estimate of drug-likeness (QED) is 0.187. The van der Waals surface area contributed by atoms with Gasteiger partial charge in [0, 0.05) is 36.3 Å². The molecule has 0 heterocycles. The van der Waals surface area contributed by atoms with Crippen molar-refractivity contribution in [3.8, 4) is 0 Å². The highest BCUT2D eigenvalue weighted by Crippen LogP contribution is 2.21. The van der Waals surface area contributed by atoms with Gasteiger partial charge in [-0.15, -0.1) is 0 Å². The minimum Gasteiger partial charge on any atom is -0.390 e. The molecule has 5 N–H and O–H groups in total. The maximum atomic E-state index is 13.7. The van der Waals surface area contributed by atoms with Gasteiger partial charge in [-0.2, -0.15) is 0 Å². The highest BCUT2D eigenvalue weighted by molar-refractivity contribution is 6.04. The van der Waals surface area contributed by atoms with Gasteiger partial charge in [-0.3, -0.25) is 14.4 Å². The Morgan fingerprint density at radius 3 is 2.21 bits per heavy atom. The van der Waals surface area contributed by atoms with Crippen LogP contribution in [0.15, 0.2) is 60.7 Å². The summed E-state index contributed by atoms with van der Waals surface area (Å²) in [5, 5.41) is 19.7. The average molecular weight is 575 g/mol. The van der Waals surface area contributed by atoms with Gasteiger partial charge in [0.05, 0.1) is 12.1 Å². The predicted molar refractivity (Wildman–Crippen MR) is 169 cm³/mol. The fraction of sp³-hybridized carbons (Fsp3) is 0.441. The molecule has 3 aromatic rings. The number of carbonyl (C=O) groups is 3. The predicted octanol–water partition coefficient (Wildman–Crippen LogP) is 4.54. The van der Waals surface area contributed by atoms with E-state index in [9.17, 15) is 19.5 Å². The molecule has 0 aliphatic heterocycles. The summed E-state index contributed by atoms with van der Waals surface area (Å²) in [5.41, 5.74) is 7.06. The molecule has 3 rings (SSSR count). The normalized spacial score (nSPS) is 12.7. The summed E-state index contributed by atoms with van der Waals surface area (Å²) in [6, 6.07) is 17.7. The van der Waals surface area contributed by atoms with Gasteiger partial charge in [0.2, 0.25) is 5.91 Å². The maximum absolute atomic E-state index is 13.7. The van der Waals surface area contributed by atoms with Crippen molar-refractivity contribution in [2.75, 3.05) is 26.2 Å². The van der Waals surface area contributed by atoms with Crippen molar-refractivity contribution in [3.05, 3.63) is 82.9 Å². The second-order valence-corrected chi connectivity index (χ2v) is 11.3. The van der Waals surface area contributed by atoms with E-state index in [1.807, 2.05) is 56.3 Å². The molecule has 42 heavy (non-hydrogen) atoms. The van der Waals surface area contributed by atoms with Crippen LogP contribution >= 0.6 is 0 Å². The number of nitrogens with one attached hydrogen (secondary N) is 2. The van der Waals surface area contributed by atoms with E-state index in [1.54, 1.807) is 4.90 Å². The first kappa shape index (κ1) is 32.8. The first-order valence-electron chi connectivity index (χ1n) is 15.0. The molecular formula is C34H46N4O4. The second-order valence-electron chi connectivity index (χ2n) is 11.3. The number of nitrogens with two attached hydrogens (primary N) is 1. The lowest BCUT2D eigenvalue weighted by molar-refractivity contribution is 0.0755. The Kier molecular flexibility index (Phi) is 12.5. The van der Waals surface area contributed by atoms with Gasteiger partial charge in [-0.1, -0.05) is 70.2 Å². The van der Waals surface area contributed by atoms with Crippen molar-refractivity contribution < 1.29 is 19.5 Å². The van der Waals surface area contributed by atoms with Crippen LogP contribution in [0.2, 0.25) is 0 Å². The smallest absolute Gasteiger partial charge is 0.253 e. The molecule has 0 unspecified atom stereocenters. The van der Waals surface area contributed by atoms with Crippen molar-refractivity contribution in [3.63, 3.8) is 0 Å². The van der Waals surface area contributed by atoms with E-state index in [1.165, 1.54) is 18.2 Å². The zero-order valence-electron chi connectivity index (χ0n) is 25.4. The van der Waals surface area contributed by atoms with Gasteiger partial charge in [-0.05, 0) is 72.7 Å². The summed E-state index contributed by atoms with van der Waals surface area (Å²) in [6.45, 7) is 10.5. The number of primary amides is 1. The molecule has 0 saturated carbocycles. The Balaban J connectivity index is 1.92. The molecule has 0 spiro atoms. The largest absolute Gasteiger partial charge is 0.390 e. The number of hydrogen-bond donors (Lipinski definition) is 4. The van der Waals surface area contributed by atoms with E-state index in [2.05, 4.69) is 24.5 Å². The molecule has 0 fully saturated rings. The molecular weight excluding hydrogens is 528 g/mol. The van der Waals surface area contributed by atoms with Crippen molar-refractivity contribution in [2.45, 2.75) is 65.5 Å². The van der Waals surface area contributed by atoms with Crippen LogP contribution in [0, 0.1) is 5.92 Å².